The summed E-state index contributed by atoms with van der Waals surface area (Å²) >= 11 is 6.35. The van der Waals surface area contributed by atoms with E-state index < -0.39 is 0 Å². The van der Waals surface area contributed by atoms with Crippen molar-refractivity contribution in [1.82, 2.24) is 5.32 Å². The Bertz CT molecular complexity index is 541. The van der Waals surface area contributed by atoms with Crippen LogP contribution in [-0.2, 0) is 4.79 Å². The lowest BCUT2D eigenvalue weighted by Crippen LogP contribution is -2.17. The topological polar surface area (TPSA) is 47.6 Å². The summed E-state index contributed by atoms with van der Waals surface area (Å²) in [5.74, 6) is 1.67. The molecule has 1 heterocycles. The number of hydrogen-bond donors (Lipinski definition) is 1. The van der Waals surface area contributed by atoms with E-state index in [-0.39, 0.29) is 18.0 Å². The van der Waals surface area contributed by atoms with Gasteiger partial charge in [-0.3, -0.25) is 4.79 Å². The Morgan fingerprint density at radius 2 is 2.11 bits per heavy atom. The van der Waals surface area contributed by atoms with Gasteiger partial charge in [0.15, 0.2) is 17.3 Å². The molecule has 0 fully saturated rings. The summed E-state index contributed by atoms with van der Waals surface area (Å²) in [5.41, 5.74) is 1.94. The molecule has 1 aliphatic carbocycles. The molecule has 3 rings (SSSR count). The van der Waals surface area contributed by atoms with Gasteiger partial charge in [-0.2, -0.15) is 0 Å². The lowest BCUT2D eigenvalue weighted by atomic mass is 10.1. The quantitative estimate of drug-likeness (QED) is 0.861. The molecular weight excluding hydrogens is 266 g/mol. The summed E-state index contributed by atoms with van der Waals surface area (Å²) in [6.45, 7) is 0.847. The third kappa shape index (κ3) is 2.68. The van der Waals surface area contributed by atoms with Gasteiger partial charge >= 0.3 is 0 Å². The molecular formula is C14H14ClNO3. The molecule has 0 bridgehead atoms. The standard InChI is InChI=1S/C14H14ClNO3/c15-12(7-16-10-2-3-11(17)6-10)9-1-4-13-14(5-9)19-8-18-13/h1,4-6,12,16H,2-3,7-8H2. The van der Waals surface area contributed by atoms with Crippen LogP contribution < -0.4 is 14.8 Å². The van der Waals surface area contributed by atoms with Gasteiger partial charge < -0.3 is 14.8 Å². The molecule has 1 atom stereocenters. The van der Waals surface area contributed by atoms with E-state index in [1.807, 2.05) is 18.2 Å². The second-order valence-electron chi connectivity index (χ2n) is 4.60. The minimum atomic E-state index is -0.175. The molecule has 2 aliphatic rings. The normalized spacial score (nSPS) is 18.4. The van der Waals surface area contributed by atoms with Gasteiger partial charge in [-0.05, 0) is 24.1 Å². The number of carbonyl (C=O) groups is 1. The van der Waals surface area contributed by atoms with E-state index in [0.29, 0.717) is 13.0 Å². The zero-order valence-electron chi connectivity index (χ0n) is 10.3. The number of nitrogens with one attached hydrogen (secondary N) is 1. The number of rotatable bonds is 4. The number of fused-ring (bicyclic) bond motifs is 1. The first-order chi connectivity index (χ1) is 9.22. The number of allylic oxidation sites excluding steroid dienone is 2. The molecule has 19 heavy (non-hydrogen) atoms. The van der Waals surface area contributed by atoms with Crippen molar-refractivity contribution in [3.05, 3.63) is 35.5 Å². The number of carbonyl (C=O) groups excluding carboxylic acids is 1. The fourth-order valence-electron chi connectivity index (χ4n) is 2.18. The van der Waals surface area contributed by atoms with Crippen LogP contribution in [0.2, 0.25) is 0 Å². The van der Waals surface area contributed by atoms with E-state index in [2.05, 4.69) is 5.32 Å². The molecule has 0 amide bonds. The predicted molar refractivity (Wildman–Crippen MR) is 71.5 cm³/mol. The first-order valence-electron chi connectivity index (χ1n) is 6.23. The van der Waals surface area contributed by atoms with Gasteiger partial charge in [0.05, 0.1) is 5.38 Å². The zero-order valence-corrected chi connectivity index (χ0v) is 11.1. The van der Waals surface area contributed by atoms with Crippen LogP contribution in [0, 0.1) is 0 Å². The molecule has 1 aromatic rings. The summed E-state index contributed by atoms with van der Waals surface area (Å²) < 4.78 is 10.6. The van der Waals surface area contributed by atoms with Crippen molar-refractivity contribution in [2.45, 2.75) is 18.2 Å². The molecule has 0 saturated carbocycles. The van der Waals surface area contributed by atoms with Gasteiger partial charge in [0.25, 0.3) is 0 Å². The number of halogens is 1. The Morgan fingerprint density at radius 1 is 1.26 bits per heavy atom. The van der Waals surface area contributed by atoms with Crippen LogP contribution in [0.15, 0.2) is 30.0 Å². The van der Waals surface area contributed by atoms with Gasteiger partial charge in [0.2, 0.25) is 6.79 Å². The third-order valence-electron chi connectivity index (χ3n) is 3.24. The zero-order chi connectivity index (χ0) is 13.2. The summed E-state index contributed by atoms with van der Waals surface area (Å²) in [5, 5.41) is 3.04. The SMILES string of the molecule is O=C1C=C(NCC(Cl)c2ccc3c(c2)OCO3)CC1. The maximum Gasteiger partial charge on any atom is 0.231 e. The van der Waals surface area contributed by atoms with Gasteiger partial charge in [-0.1, -0.05) is 6.07 Å². The number of ketones is 1. The average molecular weight is 280 g/mol. The highest BCUT2D eigenvalue weighted by Crippen LogP contribution is 2.35. The summed E-state index contributed by atoms with van der Waals surface area (Å²) in [4.78, 5) is 11.1. The summed E-state index contributed by atoms with van der Waals surface area (Å²) in [7, 11) is 0. The molecule has 1 aliphatic heterocycles. The predicted octanol–water partition coefficient (Wildman–Crippen LogP) is 2.53. The second kappa shape index (κ2) is 5.13. The molecule has 1 aromatic carbocycles. The van der Waals surface area contributed by atoms with Crippen LogP contribution in [0.4, 0.5) is 0 Å². The van der Waals surface area contributed by atoms with Crippen molar-refractivity contribution >= 4 is 17.4 Å². The number of ether oxygens (including phenoxy) is 2. The minimum absolute atomic E-state index is 0.175. The highest BCUT2D eigenvalue weighted by Gasteiger charge is 2.18. The van der Waals surface area contributed by atoms with E-state index in [1.165, 1.54) is 0 Å². The molecule has 0 saturated heterocycles. The van der Waals surface area contributed by atoms with Crippen molar-refractivity contribution < 1.29 is 14.3 Å². The molecule has 4 nitrogen and oxygen atoms in total. The van der Waals surface area contributed by atoms with E-state index >= 15 is 0 Å². The Kier molecular flexibility index (Phi) is 3.34. The van der Waals surface area contributed by atoms with Gasteiger partial charge in [-0.15, -0.1) is 11.6 Å². The van der Waals surface area contributed by atoms with Crippen molar-refractivity contribution in [1.29, 1.82) is 0 Å². The van der Waals surface area contributed by atoms with E-state index in [4.69, 9.17) is 21.1 Å². The molecule has 0 spiro atoms. The number of benzene rings is 1. The summed E-state index contributed by atoms with van der Waals surface area (Å²) in [6, 6.07) is 5.70. The number of hydrogen-bond acceptors (Lipinski definition) is 4. The van der Waals surface area contributed by atoms with E-state index in [0.717, 1.165) is 29.2 Å². The van der Waals surface area contributed by atoms with Gasteiger partial charge in [0, 0.05) is 24.7 Å². The fraction of sp³-hybridized carbons (Fsp3) is 0.357. The smallest absolute Gasteiger partial charge is 0.231 e. The fourth-order valence-corrected chi connectivity index (χ4v) is 2.40. The van der Waals surface area contributed by atoms with E-state index in [1.54, 1.807) is 6.08 Å². The maximum absolute atomic E-state index is 11.1. The Balaban J connectivity index is 1.62. The van der Waals surface area contributed by atoms with Crippen LogP contribution in [-0.4, -0.2) is 19.1 Å². The maximum atomic E-state index is 11.1. The second-order valence-corrected chi connectivity index (χ2v) is 5.12. The highest BCUT2D eigenvalue weighted by atomic mass is 35.5. The summed E-state index contributed by atoms with van der Waals surface area (Å²) in [6.07, 6.45) is 3.03. The highest BCUT2D eigenvalue weighted by molar-refractivity contribution is 6.21. The van der Waals surface area contributed by atoms with Crippen LogP contribution in [0.25, 0.3) is 0 Å². The van der Waals surface area contributed by atoms with E-state index in [9.17, 15) is 4.79 Å². The molecule has 1 N–H and O–H groups in total. The van der Waals surface area contributed by atoms with Crippen LogP contribution >= 0.6 is 11.6 Å². The number of alkyl halides is 1. The van der Waals surface area contributed by atoms with Crippen molar-refractivity contribution in [3.63, 3.8) is 0 Å². The first kappa shape index (κ1) is 12.4. The largest absolute Gasteiger partial charge is 0.454 e. The monoisotopic (exact) mass is 279 g/mol. The molecule has 1 unspecified atom stereocenters. The molecule has 0 radical (unpaired) electrons. The molecule has 100 valence electrons. The lowest BCUT2D eigenvalue weighted by Gasteiger charge is -2.13. The molecule has 0 aromatic heterocycles. The van der Waals surface area contributed by atoms with Crippen LogP contribution in [0.5, 0.6) is 11.5 Å². The lowest BCUT2D eigenvalue weighted by molar-refractivity contribution is -0.114. The Morgan fingerprint density at radius 3 is 2.89 bits per heavy atom. The minimum Gasteiger partial charge on any atom is -0.454 e. The van der Waals surface area contributed by atoms with Crippen molar-refractivity contribution in [2.24, 2.45) is 0 Å². The first-order valence-corrected chi connectivity index (χ1v) is 6.67. The average Bonchev–Trinajstić information content (AvgIpc) is 3.03. The third-order valence-corrected chi connectivity index (χ3v) is 3.65. The Hall–Kier alpha value is -1.68. The van der Waals surface area contributed by atoms with Gasteiger partial charge in [-0.25, -0.2) is 0 Å². The van der Waals surface area contributed by atoms with Crippen molar-refractivity contribution in [3.8, 4) is 11.5 Å². The van der Waals surface area contributed by atoms with Crippen LogP contribution in [0.3, 0.4) is 0 Å². The van der Waals surface area contributed by atoms with Crippen LogP contribution in [0.1, 0.15) is 23.8 Å². The van der Waals surface area contributed by atoms with Crippen molar-refractivity contribution in [2.75, 3.05) is 13.3 Å². The Labute approximate surface area is 116 Å². The molecule has 5 heteroatoms. The van der Waals surface area contributed by atoms with Gasteiger partial charge in [0.1, 0.15) is 0 Å².